The number of rotatable bonds is 13. The van der Waals surface area contributed by atoms with E-state index in [2.05, 4.69) is 37.2 Å². The van der Waals surface area contributed by atoms with E-state index in [1.54, 1.807) is 6.07 Å². The first-order valence-electron chi connectivity index (χ1n) is 16.0. The lowest BCUT2D eigenvalue weighted by Crippen LogP contribution is -2.38. The van der Waals surface area contributed by atoms with E-state index in [9.17, 15) is 4.79 Å². The molecule has 1 aliphatic heterocycles. The first-order valence-corrected chi connectivity index (χ1v) is 16.5. The second-order valence-corrected chi connectivity index (χ2v) is 10.8. The Labute approximate surface area is 283 Å². The smallest absolute Gasteiger partial charge is 0.356 e. The zero-order valence-corrected chi connectivity index (χ0v) is 28.5. The van der Waals surface area contributed by atoms with Gasteiger partial charge in [0.15, 0.2) is 0 Å². The van der Waals surface area contributed by atoms with Gasteiger partial charge in [-0.05, 0) is 43.4 Å². The number of aryl methyl sites for hydroxylation is 1. The fourth-order valence-electron chi connectivity index (χ4n) is 4.80. The minimum absolute atomic E-state index is 0.0894. The zero-order chi connectivity index (χ0) is 33.4. The van der Waals surface area contributed by atoms with Crippen LogP contribution in [0.4, 0.5) is 0 Å². The Kier molecular flexibility index (Phi) is 20.1. The largest absolute Gasteiger partial charge is 0.464 e. The molecule has 47 heavy (non-hydrogen) atoms. The van der Waals surface area contributed by atoms with Gasteiger partial charge in [0.2, 0.25) is 0 Å². The number of pyridine rings is 2. The average Bonchev–Trinajstić information content (AvgIpc) is 3.08. The highest BCUT2D eigenvalue weighted by Gasteiger charge is 2.22. The molecule has 0 bridgehead atoms. The molecule has 0 radical (unpaired) electrons. The summed E-state index contributed by atoms with van der Waals surface area (Å²) in [5.41, 5.74) is 2.95. The summed E-state index contributed by atoms with van der Waals surface area (Å²) in [6.45, 7) is 11.6. The molecule has 14 heteroatoms. The normalized spacial score (nSPS) is 17.6. The van der Waals surface area contributed by atoms with Gasteiger partial charge in [0.25, 0.3) is 0 Å². The van der Waals surface area contributed by atoms with Gasteiger partial charge >= 0.3 is 5.97 Å². The predicted molar refractivity (Wildman–Crippen MR) is 179 cm³/mol. The van der Waals surface area contributed by atoms with E-state index in [-0.39, 0.29) is 11.7 Å². The van der Waals surface area contributed by atoms with E-state index < -0.39 is 5.97 Å². The molecule has 1 atom stereocenters. The van der Waals surface area contributed by atoms with Gasteiger partial charge in [0.05, 0.1) is 116 Å². The Bertz CT molecular complexity index is 1190. The number of esters is 1. The summed E-state index contributed by atoms with van der Waals surface area (Å²) in [6.07, 6.45) is 0. The van der Waals surface area contributed by atoms with Gasteiger partial charge < -0.3 is 33.2 Å². The van der Waals surface area contributed by atoms with Crippen LogP contribution < -0.4 is 0 Å². The lowest BCUT2D eigenvalue weighted by molar-refractivity contribution is -0.0161. The van der Waals surface area contributed by atoms with Crippen molar-refractivity contribution >= 4 is 23.3 Å². The number of nitrogens with zero attached hydrogens (tertiary/aromatic N) is 5. The molecule has 0 aromatic carbocycles. The maximum absolute atomic E-state index is 11.9. The number of carbonyl (C=O) groups excluding carboxylic acids is 1. The van der Waals surface area contributed by atoms with Crippen molar-refractivity contribution in [3.8, 4) is 0 Å². The van der Waals surface area contributed by atoms with Crippen molar-refractivity contribution in [1.82, 2.24) is 19.8 Å². The van der Waals surface area contributed by atoms with Crippen LogP contribution in [0.1, 0.15) is 33.6 Å². The summed E-state index contributed by atoms with van der Waals surface area (Å²) in [6, 6.07) is 11.3. The van der Waals surface area contributed by atoms with Crippen LogP contribution in [0.25, 0.3) is 0 Å². The first-order chi connectivity index (χ1) is 23.1. The molecule has 0 saturated carbocycles. The quantitative estimate of drug-likeness (QED) is 0.134. The van der Waals surface area contributed by atoms with Crippen LogP contribution in [-0.4, -0.2) is 150 Å². The Morgan fingerprint density at radius 1 is 0.872 bits per heavy atom. The monoisotopic (exact) mass is 675 g/mol. The van der Waals surface area contributed by atoms with Crippen LogP contribution in [0.3, 0.4) is 0 Å². The molecule has 13 nitrogen and oxygen atoms in total. The lowest BCUT2D eigenvalue weighted by atomic mass is 10.1. The molecule has 0 aliphatic carbocycles. The van der Waals surface area contributed by atoms with Crippen molar-refractivity contribution in [3.05, 3.63) is 59.2 Å². The third kappa shape index (κ3) is 16.3. The Morgan fingerprint density at radius 3 is 2.15 bits per heavy atom. The summed E-state index contributed by atoms with van der Waals surface area (Å²) in [4.78, 5) is 29.5. The highest BCUT2D eigenvalue weighted by molar-refractivity contribution is 7.78. The Hall–Kier alpha value is -2.75. The second kappa shape index (κ2) is 24.4. The highest BCUT2D eigenvalue weighted by Crippen LogP contribution is 2.20. The highest BCUT2D eigenvalue weighted by atomic mass is 32.1. The molecule has 1 aliphatic rings. The van der Waals surface area contributed by atoms with Gasteiger partial charge in [0, 0.05) is 38.4 Å². The van der Waals surface area contributed by atoms with Crippen LogP contribution >= 0.6 is 12.2 Å². The molecule has 3 heterocycles. The minimum atomic E-state index is -0.455. The lowest BCUT2D eigenvalue weighted by Gasteiger charge is -2.31. The summed E-state index contributed by atoms with van der Waals surface area (Å²) < 4.78 is 40.2. The fraction of sp³-hybridized carbons (Fsp3) is 0.636. The van der Waals surface area contributed by atoms with E-state index in [0.29, 0.717) is 119 Å². The van der Waals surface area contributed by atoms with Gasteiger partial charge in [-0.1, -0.05) is 12.1 Å². The second-order valence-electron chi connectivity index (χ2n) is 10.6. The Morgan fingerprint density at radius 2 is 1.51 bits per heavy atom. The number of ether oxygens (including phenoxy) is 7. The SMILES string of the molecule is COC(=O)c1cccc(CN2CCOCCOCCN(C(COCCOCCN=C=S)c3cccc(C)n3)CCOCCOCC2)n1. The van der Waals surface area contributed by atoms with E-state index in [1.165, 1.54) is 7.11 Å². The molecule has 2 aromatic heterocycles. The van der Waals surface area contributed by atoms with Crippen molar-refractivity contribution in [2.24, 2.45) is 4.99 Å². The number of hydrogen-bond acceptors (Lipinski definition) is 14. The summed E-state index contributed by atoms with van der Waals surface area (Å²) in [5, 5.41) is 2.34. The summed E-state index contributed by atoms with van der Waals surface area (Å²) >= 11 is 4.58. The van der Waals surface area contributed by atoms with E-state index in [0.717, 1.165) is 17.1 Å². The van der Waals surface area contributed by atoms with E-state index in [1.807, 2.05) is 37.3 Å². The van der Waals surface area contributed by atoms with Gasteiger partial charge in [-0.2, -0.15) is 0 Å². The van der Waals surface area contributed by atoms with Crippen molar-refractivity contribution < 1.29 is 38.0 Å². The number of hydrogen-bond donors (Lipinski definition) is 0. The first kappa shape index (κ1) is 38.7. The Balaban J connectivity index is 1.53. The third-order valence-electron chi connectivity index (χ3n) is 7.23. The maximum Gasteiger partial charge on any atom is 0.356 e. The number of thiocarbonyl (C=S) groups is 1. The van der Waals surface area contributed by atoms with Crippen LogP contribution in [0.15, 0.2) is 41.4 Å². The number of isothiocyanates is 1. The number of aliphatic imine (C=N–C) groups is 1. The van der Waals surface area contributed by atoms with Gasteiger partial charge in [0.1, 0.15) is 5.69 Å². The van der Waals surface area contributed by atoms with E-state index in [4.69, 9.17) is 38.1 Å². The number of aromatic nitrogens is 2. The molecule has 0 N–H and O–H groups in total. The molecular formula is C33H49N5O8S. The summed E-state index contributed by atoms with van der Waals surface area (Å²) in [5.74, 6) is -0.455. The zero-order valence-electron chi connectivity index (χ0n) is 27.7. The average molecular weight is 676 g/mol. The molecular weight excluding hydrogens is 626 g/mol. The third-order valence-corrected chi connectivity index (χ3v) is 7.36. The van der Waals surface area contributed by atoms with Gasteiger partial charge in [-0.25, -0.2) is 14.8 Å². The molecule has 260 valence electrons. The van der Waals surface area contributed by atoms with Gasteiger partial charge in [-0.15, -0.1) is 0 Å². The number of methoxy groups -OCH3 is 1. The van der Waals surface area contributed by atoms with Crippen molar-refractivity contribution in [1.29, 1.82) is 0 Å². The van der Waals surface area contributed by atoms with E-state index >= 15 is 0 Å². The molecule has 0 spiro atoms. The number of carbonyl (C=O) groups is 1. The minimum Gasteiger partial charge on any atom is -0.464 e. The molecule has 1 saturated heterocycles. The predicted octanol–water partition coefficient (Wildman–Crippen LogP) is 2.63. The van der Waals surface area contributed by atoms with Crippen LogP contribution in [-0.2, 0) is 39.7 Å². The van der Waals surface area contributed by atoms with Crippen molar-refractivity contribution in [3.63, 3.8) is 0 Å². The van der Waals surface area contributed by atoms with Crippen LogP contribution in [0.2, 0.25) is 0 Å². The maximum atomic E-state index is 11.9. The standard InChI is InChI=1S/C33H49N5O8S/c1-28-5-3-7-30(35-28)32(26-46-24-23-41-14-9-34-27-47)38-12-17-44-21-19-42-15-10-37(11-16-43-20-22-45-18-13-38)25-29-6-4-8-31(36-29)33(39)40-2/h3-8,32H,9-26H2,1-2H3. The molecule has 1 unspecified atom stereocenters. The van der Waals surface area contributed by atoms with Crippen LogP contribution in [0, 0.1) is 6.92 Å². The van der Waals surface area contributed by atoms with Crippen LogP contribution in [0.5, 0.6) is 0 Å². The summed E-state index contributed by atoms with van der Waals surface area (Å²) in [7, 11) is 1.35. The fourth-order valence-corrected chi connectivity index (χ4v) is 4.89. The van der Waals surface area contributed by atoms with Gasteiger partial charge in [-0.3, -0.25) is 14.8 Å². The van der Waals surface area contributed by atoms with Crippen molar-refractivity contribution in [2.75, 3.05) is 119 Å². The molecule has 1 fully saturated rings. The molecule has 0 amide bonds. The topological polar surface area (TPSA) is 126 Å². The molecule has 2 aromatic rings. The molecule has 3 rings (SSSR count). The van der Waals surface area contributed by atoms with Crippen molar-refractivity contribution in [2.45, 2.75) is 19.5 Å².